The van der Waals surface area contributed by atoms with E-state index in [-0.39, 0.29) is 5.91 Å². The van der Waals surface area contributed by atoms with E-state index in [4.69, 9.17) is 16.6 Å². The van der Waals surface area contributed by atoms with Crippen LogP contribution in [0.3, 0.4) is 0 Å². The number of pyridine rings is 1. The molecular formula is C25H21ClN2O. The minimum atomic E-state index is -0.0977. The number of carbonyl (C=O) groups is 1. The predicted octanol–water partition coefficient (Wildman–Crippen LogP) is 5.84. The highest BCUT2D eigenvalue weighted by Crippen LogP contribution is 2.25. The monoisotopic (exact) mass is 400 g/mol. The van der Waals surface area contributed by atoms with Crippen LogP contribution in [0, 0.1) is 6.92 Å². The van der Waals surface area contributed by atoms with Crippen molar-refractivity contribution in [3.05, 3.63) is 101 Å². The van der Waals surface area contributed by atoms with Crippen molar-refractivity contribution in [2.75, 3.05) is 6.54 Å². The number of nitrogens with zero attached hydrogens (tertiary/aromatic N) is 1. The summed E-state index contributed by atoms with van der Waals surface area (Å²) in [5, 5.41) is 4.60. The van der Waals surface area contributed by atoms with E-state index in [0.717, 1.165) is 39.7 Å². The van der Waals surface area contributed by atoms with Gasteiger partial charge in [-0.05, 0) is 49.2 Å². The molecule has 0 unspecified atom stereocenters. The fraction of sp³-hybridized carbons (Fsp3) is 0.120. The normalized spacial score (nSPS) is 10.8. The molecule has 4 rings (SSSR count). The number of nitrogens with one attached hydrogen (secondary N) is 1. The van der Waals surface area contributed by atoms with Gasteiger partial charge in [-0.1, -0.05) is 65.7 Å². The third-order valence-corrected chi connectivity index (χ3v) is 5.10. The molecule has 144 valence electrons. The first-order valence-electron chi connectivity index (χ1n) is 9.59. The summed E-state index contributed by atoms with van der Waals surface area (Å²) < 4.78 is 0. The smallest absolute Gasteiger partial charge is 0.252 e. The number of amides is 1. The maximum absolute atomic E-state index is 13.0. The molecule has 3 aromatic carbocycles. The van der Waals surface area contributed by atoms with Gasteiger partial charge in [-0.2, -0.15) is 0 Å². The molecule has 0 radical (unpaired) electrons. The van der Waals surface area contributed by atoms with E-state index in [1.807, 2.05) is 79.7 Å². The van der Waals surface area contributed by atoms with Crippen LogP contribution in [0.25, 0.3) is 22.2 Å². The number of fused-ring (bicyclic) bond motifs is 1. The molecule has 0 saturated carbocycles. The molecule has 0 aliphatic rings. The fourth-order valence-corrected chi connectivity index (χ4v) is 3.64. The van der Waals surface area contributed by atoms with Gasteiger partial charge in [-0.25, -0.2) is 4.98 Å². The lowest BCUT2D eigenvalue weighted by Crippen LogP contribution is -2.26. The Morgan fingerprint density at radius 2 is 1.79 bits per heavy atom. The van der Waals surface area contributed by atoms with Gasteiger partial charge in [0.1, 0.15) is 0 Å². The molecule has 1 aromatic heterocycles. The lowest BCUT2D eigenvalue weighted by Gasteiger charge is -2.11. The van der Waals surface area contributed by atoms with Gasteiger partial charge in [0, 0.05) is 22.5 Å². The number of carbonyl (C=O) groups excluding carboxylic acids is 1. The Kier molecular flexibility index (Phi) is 5.59. The quantitative estimate of drug-likeness (QED) is 0.457. The molecule has 29 heavy (non-hydrogen) atoms. The molecule has 4 aromatic rings. The molecular weight excluding hydrogens is 380 g/mol. The van der Waals surface area contributed by atoms with Gasteiger partial charge < -0.3 is 5.32 Å². The summed E-state index contributed by atoms with van der Waals surface area (Å²) in [6.45, 7) is 2.59. The highest BCUT2D eigenvalue weighted by molar-refractivity contribution is 6.30. The minimum Gasteiger partial charge on any atom is -0.352 e. The summed E-state index contributed by atoms with van der Waals surface area (Å²) in [6.07, 6.45) is 0.722. The van der Waals surface area contributed by atoms with Crippen LogP contribution in [0.15, 0.2) is 78.9 Å². The van der Waals surface area contributed by atoms with Crippen molar-refractivity contribution < 1.29 is 4.79 Å². The van der Waals surface area contributed by atoms with Crippen molar-refractivity contribution in [2.24, 2.45) is 0 Å². The zero-order valence-electron chi connectivity index (χ0n) is 16.2. The van der Waals surface area contributed by atoms with E-state index in [9.17, 15) is 4.79 Å². The van der Waals surface area contributed by atoms with Crippen LogP contribution in [-0.2, 0) is 6.42 Å². The maximum Gasteiger partial charge on any atom is 0.252 e. The van der Waals surface area contributed by atoms with Crippen LogP contribution >= 0.6 is 11.6 Å². The second-order valence-electron chi connectivity index (χ2n) is 7.08. The maximum atomic E-state index is 13.0. The topological polar surface area (TPSA) is 42.0 Å². The SMILES string of the molecule is Cc1cccc(-c2cc(C(=O)NCCc3cccc(Cl)c3)c3ccccc3n2)c1. The average Bonchev–Trinajstić information content (AvgIpc) is 2.73. The van der Waals surface area contributed by atoms with Gasteiger partial charge in [-0.3, -0.25) is 4.79 Å². The summed E-state index contributed by atoms with van der Waals surface area (Å²) in [7, 11) is 0. The summed E-state index contributed by atoms with van der Waals surface area (Å²) >= 11 is 6.04. The zero-order valence-corrected chi connectivity index (χ0v) is 16.9. The molecule has 1 heterocycles. The molecule has 0 saturated heterocycles. The molecule has 0 aliphatic carbocycles. The van der Waals surface area contributed by atoms with Crippen LogP contribution in [0.1, 0.15) is 21.5 Å². The Bertz CT molecular complexity index is 1190. The van der Waals surface area contributed by atoms with Crippen molar-refractivity contribution in [2.45, 2.75) is 13.3 Å². The van der Waals surface area contributed by atoms with Crippen LogP contribution < -0.4 is 5.32 Å². The third-order valence-electron chi connectivity index (χ3n) is 4.86. The molecule has 0 bridgehead atoms. The fourth-order valence-electron chi connectivity index (χ4n) is 3.42. The summed E-state index contributed by atoms with van der Waals surface area (Å²) in [6, 6.07) is 25.5. The van der Waals surface area contributed by atoms with Crippen LogP contribution in [0.4, 0.5) is 0 Å². The molecule has 1 amide bonds. The first-order chi connectivity index (χ1) is 14.1. The van der Waals surface area contributed by atoms with Gasteiger partial charge in [0.15, 0.2) is 0 Å². The second kappa shape index (κ2) is 8.46. The van der Waals surface area contributed by atoms with Crippen molar-refractivity contribution >= 4 is 28.4 Å². The molecule has 0 aliphatic heterocycles. The van der Waals surface area contributed by atoms with E-state index in [1.54, 1.807) is 0 Å². The zero-order chi connectivity index (χ0) is 20.2. The molecule has 0 fully saturated rings. The molecule has 4 heteroatoms. The van der Waals surface area contributed by atoms with E-state index < -0.39 is 0 Å². The highest BCUT2D eigenvalue weighted by Gasteiger charge is 2.13. The summed E-state index contributed by atoms with van der Waals surface area (Å²) in [5.41, 5.74) is 5.50. The minimum absolute atomic E-state index is 0.0977. The predicted molar refractivity (Wildman–Crippen MR) is 119 cm³/mol. The Morgan fingerprint density at radius 3 is 2.62 bits per heavy atom. The standard InChI is InChI=1S/C25H21ClN2O/c1-17-6-4-8-19(14-17)24-16-22(21-10-2-3-11-23(21)28-24)25(29)27-13-12-18-7-5-9-20(26)15-18/h2-11,14-16H,12-13H2,1H3,(H,27,29). The van der Waals surface area contributed by atoms with Gasteiger partial charge in [0.05, 0.1) is 16.8 Å². The first kappa shape index (κ1) is 19.2. The molecule has 3 nitrogen and oxygen atoms in total. The number of para-hydroxylation sites is 1. The molecule has 1 N–H and O–H groups in total. The Morgan fingerprint density at radius 1 is 0.966 bits per heavy atom. The van der Waals surface area contributed by atoms with Gasteiger partial charge in [0.2, 0.25) is 0 Å². The Hall–Kier alpha value is -3.17. The van der Waals surface area contributed by atoms with Crippen molar-refractivity contribution in [3.8, 4) is 11.3 Å². The van der Waals surface area contributed by atoms with Crippen molar-refractivity contribution in [3.63, 3.8) is 0 Å². The number of hydrogen-bond acceptors (Lipinski definition) is 2. The number of benzene rings is 3. The van der Waals surface area contributed by atoms with Crippen LogP contribution in [0.2, 0.25) is 5.02 Å². The lowest BCUT2D eigenvalue weighted by molar-refractivity contribution is 0.0956. The number of halogens is 1. The molecule has 0 spiro atoms. The van der Waals surface area contributed by atoms with E-state index in [1.165, 1.54) is 0 Å². The summed E-state index contributed by atoms with van der Waals surface area (Å²) in [5.74, 6) is -0.0977. The van der Waals surface area contributed by atoms with Crippen molar-refractivity contribution in [1.29, 1.82) is 0 Å². The summed E-state index contributed by atoms with van der Waals surface area (Å²) in [4.78, 5) is 17.8. The largest absolute Gasteiger partial charge is 0.352 e. The van der Waals surface area contributed by atoms with Crippen LogP contribution in [0.5, 0.6) is 0 Å². The van der Waals surface area contributed by atoms with E-state index in [2.05, 4.69) is 11.4 Å². The number of aromatic nitrogens is 1. The van der Waals surface area contributed by atoms with Crippen molar-refractivity contribution in [1.82, 2.24) is 10.3 Å². The second-order valence-corrected chi connectivity index (χ2v) is 7.51. The van der Waals surface area contributed by atoms with E-state index >= 15 is 0 Å². The highest BCUT2D eigenvalue weighted by atomic mass is 35.5. The van der Waals surface area contributed by atoms with Gasteiger partial charge in [-0.15, -0.1) is 0 Å². The Balaban J connectivity index is 1.62. The van der Waals surface area contributed by atoms with Gasteiger partial charge >= 0.3 is 0 Å². The molecule has 0 atom stereocenters. The number of aryl methyl sites for hydroxylation is 1. The van der Waals surface area contributed by atoms with Crippen LogP contribution in [-0.4, -0.2) is 17.4 Å². The number of hydrogen-bond donors (Lipinski definition) is 1. The Labute approximate surface area is 175 Å². The number of rotatable bonds is 5. The van der Waals surface area contributed by atoms with E-state index in [0.29, 0.717) is 17.1 Å². The average molecular weight is 401 g/mol. The van der Waals surface area contributed by atoms with Gasteiger partial charge in [0.25, 0.3) is 5.91 Å². The first-order valence-corrected chi connectivity index (χ1v) is 9.97. The lowest BCUT2D eigenvalue weighted by atomic mass is 10.0. The third kappa shape index (κ3) is 4.47.